The highest BCUT2D eigenvalue weighted by atomic mass is 35.5. The van der Waals surface area contributed by atoms with Gasteiger partial charge in [0, 0.05) is 30.5 Å². The molecule has 5 amide bonds. The number of alkyl halides is 2. The SMILES string of the molecule is C=CCCC(NC(=O)[C@@H]1[C@@H]2C(CN1C(=O)[C@@H](NC(=O)NC(C)(C)C)C(C)(C)C)C2(Cl)Cl)C(=O)C(=O)NCCC(=O)OC(C)(C)C. The lowest BCUT2D eigenvalue weighted by Gasteiger charge is -2.38. The molecule has 5 atom stereocenters. The molecule has 0 bridgehead atoms. The van der Waals surface area contributed by atoms with Gasteiger partial charge in [0.25, 0.3) is 5.91 Å². The van der Waals surface area contributed by atoms with Gasteiger partial charge < -0.3 is 30.9 Å². The van der Waals surface area contributed by atoms with E-state index in [1.807, 2.05) is 0 Å². The van der Waals surface area contributed by atoms with Crippen molar-refractivity contribution in [3.8, 4) is 0 Å². The molecule has 0 spiro atoms. The van der Waals surface area contributed by atoms with Crippen LogP contribution in [0.5, 0.6) is 0 Å². The third-order valence-corrected chi connectivity index (χ3v) is 8.38. The van der Waals surface area contributed by atoms with Gasteiger partial charge in [-0.15, -0.1) is 29.8 Å². The Kier molecular flexibility index (Phi) is 12.2. The number of ether oxygens (including phenoxy) is 1. The molecule has 0 aromatic carbocycles. The summed E-state index contributed by atoms with van der Waals surface area (Å²) in [6.07, 6.45) is 1.76. The first-order valence-electron chi connectivity index (χ1n) is 15.1. The number of urea groups is 1. The van der Waals surface area contributed by atoms with Crippen LogP contribution in [0.3, 0.4) is 0 Å². The number of amides is 5. The van der Waals surface area contributed by atoms with Crippen LogP contribution in [0.15, 0.2) is 12.7 Å². The van der Waals surface area contributed by atoms with E-state index in [2.05, 4.69) is 27.8 Å². The second-order valence-corrected chi connectivity index (χ2v) is 16.2. The van der Waals surface area contributed by atoms with Crippen molar-refractivity contribution >= 4 is 58.7 Å². The van der Waals surface area contributed by atoms with E-state index in [0.717, 1.165) is 0 Å². The molecule has 2 unspecified atom stereocenters. The number of nitrogens with one attached hydrogen (secondary N) is 4. The number of hydrogen-bond acceptors (Lipinski definition) is 7. The summed E-state index contributed by atoms with van der Waals surface area (Å²) in [5.74, 6) is -4.67. The van der Waals surface area contributed by atoms with Gasteiger partial charge in [-0.25, -0.2) is 4.79 Å². The van der Waals surface area contributed by atoms with E-state index in [4.69, 9.17) is 27.9 Å². The summed E-state index contributed by atoms with van der Waals surface area (Å²) in [7, 11) is 0. The number of hydrogen-bond donors (Lipinski definition) is 4. The number of nitrogens with zero attached hydrogens (tertiary/aromatic N) is 1. The average molecular weight is 675 g/mol. The van der Waals surface area contributed by atoms with E-state index >= 15 is 0 Å². The van der Waals surface area contributed by atoms with Crippen molar-refractivity contribution in [2.75, 3.05) is 13.1 Å². The summed E-state index contributed by atoms with van der Waals surface area (Å²) in [6.45, 7) is 19.5. The van der Waals surface area contributed by atoms with Crippen molar-refractivity contribution in [2.45, 2.75) is 115 Å². The first-order chi connectivity index (χ1) is 20.4. The average Bonchev–Trinajstić information content (AvgIpc) is 3.19. The Morgan fingerprint density at radius 3 is 2.11 bits per heavy atom. The molecule has 2 aliphatic rings. The van der Waals surface area contributed by atoms with Crippen molar-refractivity contribution in [2.24, 2.45) is 17.3 Å². The fourth-order valence-electron chi connectivity index (χ4n) is 5.18. The van der Waals surface area contributed by atoms with Gasteiger partial charge in [-0.1, -0.05) is 26.8 Å². The van der Waals surface area contributed by atoms with Crippen molar-refractivity contribution < 1.29 is 33.5 Å². The van der Waals surface area contributed by atoms with Crippen LogP contribution in [0, 0.1) is 17.3 Å². The van der Waals surface area contributed by atoms with Crippen LogP contribution in [-0.2, 0) is 28.7 Å². The highest BCUT2D eigenvalue weighted by molar-refractivity contribution is 6.51. The minimum atomic E-state index is -1.26. The molecule has 1 aliphatic heterocycles. The molecule has 1 saturated carbocycles. The third-order valence-electron chi connectivity index (χ3n) is 7.31. The largest absolute Gasteiger partial charge is 0.460 e. The van der Waals surface area contributed by atoms with Crippen LogP contribution in [0.4, 0.5) is 4.79 Å². The maximum atomic E-state index is 14.0. The molecule has 2 fully saturated rings. The fourth-order valence-corrected chi connectivity index (χ4v) is 6.01. The second-order valence-electron chi connectivity index (χ2n) is 14.8. The Morgan fingerprint density at radius 2 is 1.60 bits per heavy atom. The number of carbonyl (C=O) groups excluding carboxylic acids is 6. The molecule has 14 heteroatoms. The number of fused-ring (bicyclic) bond motifs is 1. The van der Waals surface area contributed by atoms with Gasteiger partial charge in [-0.05, 0) is 59.8 Å². The first-order valence-corrected chi connectivity index (χ1v) is 15.9. The zero-order chi connectivity index (χ0) is 34.7. The standard InChI is InChI=1S/C31H49Cl2N5O7/c1-11-12-13-18(22(40)25(42)34-15-14-19(39)45-30(8,9)10)35-24(41)21-20-17(31(20,32)33)16-38(21)26(43)23(28(2,3)4)36-27(44)37-29(5,6)7/h11,17-18,20-21,23H,1,12-16H2,2-10H3,(H,34,42)(H,35,41)(H2,36,37,44)/t17?,18?,20-,21-,23+/m0/s1. The second kappa shape index (κ2) is 14.3. The van der Waals surface area contributed by atoms with Crippen LogP contribution >= 0.6 is 23.2 Å². The van der Waals surface area contributed by atoms with E-state index in [1.165, 1.54) is 4.90 Å². The monoisotopic (exact) mass is 673 g/mol. The van der Waals surface area contributed by atoms with Gasteiger partial charge in [0.1, 0.15) is 22.0 Å². The summed E-state index contributed by atoms with van der Waals surface area (Å²) in [4.78, 5) is 79.7. The molecular formula is C31H49Cl2N5O7. The van der Waals surface area contributed by atoms with Crippen LogP contribution < -0.4 is 21.3 Å². The number of rotatable bonds is 12. The van der Waals surface area contributed by atoms with Gasteiger partial charge in [0.15, 0.2) is 0 Å². The molecule has 2 rings (SSSR count). The maximum Gasteiger partial charge on any atom is 0.315 e. The van der Waals surface area contributed by atoms with Crippen LogP contribution in [0.2, 0.25) is 0 Å². The molecular weight excluding hydrogens is 625 g/mol. The highest BCUT2D eigenvalue weighted by Crippen LogP contribution is 2.65. The van der Waals surface area contributed by atoms with Crippen molar-refractivity contribution in [3.63, 3.8) is 0 Å². The Labute approximate surface area is 276 Å². The van der Waals surface area contributed by atoms with Gasteiger partial charge >= 0.3 is 12.0 Å². The minimum Gasteiger partial charge on any atom is -0.460 e. The quantitative estimate of drug-likeness (QED) is 0.107. The van der Waals surface area contributed by atoms with Crippen molar-refractivity contribution in [1.29, 1.82) is 0 Å². The lowest BCUT2D eigenvalue weighted by atomic mass is 9.85. The highest BCUT2D eigenvalue weighted by Gasteiger charge is 2.74. The fraction of sp³-hybridized carbons (Fsp3) is 0.742. The van der Waals surface area contributed by atoms with E-state index in [1.54, 1.807) is 68.4 Å². The molecule has 12 nitrogen and oxygen atoms in total. The summed E-state index contributed by atoms with van der Waals surface area (Å²) in [5.41, 5.74) is -1.99. The molecule has 254 valence electrons. The summed E-state index contributed by atoms with van der Waals surface area (Å²) >= 11 is 13.0. The van der Waals surface area contributed by atoms with Crippen LogP contribution in [0.25, 0.3) is 0 Å². The van der Waals surface area contributed by atoms with E-state index < -0.39 is 86.4 Å². The minimum absolute atomic E-state index is 0.0638. The van der Waals surface area contributed by atoms with Crippen molar-refractivity contribution in [3.05, 3.63) is 12.7 Å². The van der Waals surface area contributed by atoms with E-state index in [-0.39, 0.29) is 25.9 Å². The van der Waals surface area contributed by atoms with Crippen molar-refractivity contribution in [1.82, 2.24) is 26.2 Å². The number of Topliss-reactive ketones (excluding diaryl/α,β-unsaturated/α-hetero) is 1. The number of likely N-dealkylation sites (tertiary alicyclic amines) is 1. The third kappa shape index (κ3) is 10.6. The summed E-state index contributed by atoms with van der Waals surface area (Å²) in [5, 5.41) is 10.6. The van der Waals surface area contributed by atoms with Gasteiger partial charge in [0.05, 0.1) is 12.5 Å². The van der Waals surface area contributed by atoms with Gasteiger partial charge in [-0.2, -0.15) is 0 Å². The van der Waals surface area contributed by atoms with E-state index in [0.29, 0.717) is 6.42 Å². The molecule has 0 radical (unpaired) electrons. The number of halogens is 2. The molecule has 0 aromatic rings. The predicted molar refractivity (Wildman–Crippen MR) is 171 cm³/mol. The predicted octanol–water partition coefficient (Wildman–Crippen LogP) is 3.00. The maximum absolute atomic E-state index is 14.0. The lowest BCUT2D eigenvalue weighted by Crippen LogP contribution is -2.62. The first kappa shape index (κ1) is 38.3. The molecule has 4 N–H and O–H groups in total. The van der Waals surface area contributed by atoms with Crippen LogP contribution in [-0.4, -0.2) is 87.1 Å². The molecule has 0 aromatic heterocycles. The number of esters is 1. The number of carbonyl (C=O) groups is 6. The lowest BCUT2D eigenvalue weighted by molar-refractivity contribution is -0.154. The Hall–Kier alpha value is -2.86. The zero-order valence-corrected chi connectivity index (χ0v) is 29.3. The normalized spacial score (nSPS) is 21.8. The van der Waals surface area contributed by atoms with Crippen LogP contribution in [0.1, 0.15) is 81.6 Å². The molecule has 1 saturated heterocycles. The molecule has 1 heterocycles. The smallest absolute Gasteiger partial charge is 0.315 e. The Bertz CT molecular complexity index is 1190. The number of piperidine rings is 1. The molecule has 1 aliphatic carbocycles. The Morgan fingerprint density at radius 1 is 1.00 bits per heavy atom. The number of allylic oxidation sites excluding steroid dienone is 1. The summed E-state index contributed by atoms with van der Waals surface area (Å²) < 4.78 is 3.95. The zero-order valence-electron chi connectivity index (χ0n) is 27.8. The molecule has 45 heavy (non-hydrogen) atoms. The number of ketones is 1. The van der Waals surface area contributed by atoms with Gasteiger partial charge in [0.2, 0.25) is 17.6 Å². The summed E-state index contributed by atoms with van der Waals surface area (Å²) in [6, 6.07) is -3.95. The Balaban J connectivity index is 2.23. The van der Waals surface area contributed by atoms with Gasteiger partial charge in [-0.3, -0.25) is 24.0 Å². The van der Waals surface area contributed by atoms with E-state index in [9.17, 15) is 28.8 Å². The topological polar surface area (TPSA) is 163 Å².